The van der Waals surface area contributed by atoms with Crippen LogP contribution in [-0.2, 0) is 11.3 Å². The first-order chi connectivity index (χ1) is 9.79. The van der Waals surface area contributed by atoms with Crippen LogP contribution < -0.4 is 0 Å². The van der Waals surface area contributed by atoms with E-state index in [1.165, 1.54) is 0 Å². The normalized spacial score (nSPS) is 29.7. The number of carbonyl (C=O) groups is 1. The Morgan fingerprint density at radius 3 is 2.50 bits per heavy atom. The van der Waals surface area contributed by atoms with Crippen molar-refractivity contribution in [2.45, 2.75) is 19.4 Å². The number of fused-ring (bicyclic) bond motifs is 1. The summed E-state index contributed by atoms with van der Waals surface area (Å²) in [5.41, 5.74) is 1.15. The van der Waals surface area contributed by atoms with Crippen molar-refractivity contribution >= 4 is 5.91 Å². The zero-order valence-electron chi connectivity index (χ0n) is 11.7. The molecule has 3 aliphatic rings. The highest BCUT2D eigenvalue weighted by Crippen LogP contribution is 2.36. The fourth-order valence-corrected chi connectivity index (χ4v) is 3.71. The smallest absolute Gasteiger partial charge is 0.225 e. The van der Waals surface area contributed by atoms with Crippen molar-refractivity contribution in [3.63, 3.8) is 0 Å². The summed E-state index contributed by atoms with van der Waals surface area (Å²) in [4.78, 5) is 21.1. The second-order valence-corrected chi connectivity index (χ2v) is 6.55. The van der Waals surface area contributed by atoms with Crippen LogP contribution in [0, 0.1) is 17.8 Å². The Morgan fingerprint density at radius 1 is 1.15 bits per heavy atom. The average molecular weight is 271 g/mol. The standard InChI is InChI=1S/C16H21N3O/c20-16(12-4-5-12)19-9-13-7-18(8-14(13)10-19)11-15-3-1-2-6-17-15/h1-3,6,12-14H,4-5,7-11H2/t13-,14-/m1/s1. The molecule has 2 aliphatic heterocycles. The molecule has 1 amide bonds. The molecule has 20 heavy (non-hydrogen) atoms. The maximum atomic E-state index is 12.1. The zero-order chi connectivity index (χ0) is 13.5. The number of pyridine rings is 1. The van der Waals surface area contributed by atoms with E-state index in [4.69, 9.17) is 0 Å². The summed E-state index contributed by atoms with van der Waals surface area (Å²) in [7, 11) is 0. The zero-order valence-corrected chi connectivity index (χ0v) is 11.7. The van der Waals surface area contributed by atoms with E-state index >= 15 is 0 Å². The molecule has 1 aromatic heterocycles. The summed E-state index contributed by atoms with van der Waals surface area (Å²) in [5.74, 6) is 2.16. The van der Waals surface area contributed by atoms with Gasteiger partial charge in [-0.3, -0.25) is 14.7 Å². The van der Waals surface area contributed by atoms with Gasteiger partial charge < -0.3 is 4.90 Å². The molecule has 0 spiro atoms. The van der Waals surface area contributed by atoms with Gasteiger partial charge in [0.25, 0.3) is 0 Å². The molecule has 0 aromatic carbocycles. The van der Waals surface area contributed by atoms with Gasteiger partial charge in [0.2, 0.25) is 5.91 Å². The Morgan fingerprint density at radius 2 is 1.90 bits per heavy atom. The quantitative estimate of drug-likeness (QED) is 0.833. The van der Waals surface area contributed by atoms with E-state index in [9.17, 15) is 4.79 Å². The largest absolute Gasteiger partial charge is 0.342 e. The summed E-state index contributed by atoms with van der Waals surface area (Å²) >= 11 is 0. The maximum Gasteiger partial charge on any atom is 0.225 e. The van der Waals surface area contributed by atoms with Crippen LogP contribution in [-0.4, -0.2) is 46.9 Å². The lowest BCUT2D eigenvalue weighted by molar-refractivity contribution is -0.131. The van der Waals surface area contributed by atoms with E-state index < -0.39 is 0 Å². The van der Waals surface area contributed by atoms with Crippen LogP contribution >= 0.6 is 0 Å². The van der Waals surface area contributed by atoms with Gasteiger partial charge in [0, 0.05) is 44.8 Å². The molecule has 2 atom stereocenters. The number of amides is 1. The lowest BCUT2D eigenvalue weighted by atomic mass is 10.0. The van der Waals surface area contributed by atoms with Crippen molar-refractivity contribution in [3.8, 4) is 0 Å². The van der Waals surface area contributed by atoms with Crippen LogP contribution in [0.4, 0.5) is 0 Å². The molecular weight excluding hydrogens is 250 g/mol. The summed E-state index contributed by atoms with van der Waals surface area (Å²) < 4.78 is 0. The second kappa shape index (κ2) is 4.85. The van der Waals surface area contributed by atoms with E-state index in [-0.39, 0.29) is 0 Å². The molecule has 0 N–H and O–H groups in total. The predicted octanol–water partition coefficient (Wildman–Crippen LogP) is 1.38. The van der Waals surface area contributed by atoms with E-state index in [2.05, 4.69) is 26.9 Å². The van der Waals surface area contributed by atoms with Gasteiger partial charge in [-0.05, 0) is 36.8 Å². The van der Waals surface area contributed by atoms with Crippen LogP contribution in [0.1, 0.15) is 18.5 Å². The van der Waals surface area contributed by atoms with Crippen molar-refractivity contribution in [3.05, 3.63) is 30.1 Å². The number of rotatable bonds is 3. The number of carbonyl (C=O) groups excluding carboxylic acids is 1. The molecule has 0 bridgehead atoms. The van der Waals surface area contributed by atoms with E-state index in [0.717, 1.165) is 51.3 Å². The van der Waals surface area contributed by atoms with Crippen molar-refractivity contribution < 1.29 is 4.79 Å². The molecule has 106 valence electrons. The third-order valence-electron chi connectivity index (χ3n) is 4.91. The lowest BCUT2D eigenvalue weighted by Gasteiger charge is -2.21. The lowest BCUT2D eigenvalue weighted by Crippen LogP contribution is -2.34. The minimum atomic E-state index is 0.374. The highest BCUT2D eigenvalue weighted by Gasteiger charge is 2.44. The molecule has 3 heterocycles. The fourth-order valence-electron chi connectivity index (χ4n) is 3.71. The van der Waals surface area contributed by atoms with Gasteiger partial charge in [-0.2, -0.15) is 0 Å². The van der Waals surface area contributed by atoms with Crippen molar-refractivity contribution in [1.29, 1.82) is 0 Å². The van der Waals surface area contributed by atoms with E-state index in [0.29, 0.717) is 23.7 Å². The topological polar surface area (TPSA) is 36.4 Å². The molecule has 1 saturated carbocycles. The third kappa shape index (κ3) is 2.33. The highest BCUT2D eigenvalue weighted by atomic mass is 16.2. The average Bonchev–Trinajstić information content (AvgIpc) is 3.13. The predicted molar refractivity (Wildman–Crippen MR) is 75.8 cm³/mol. The minimum absolute atomic E-state index is 0.374. The molecule has 0 radical (unpaired) electrons. The van der Waals surface area contributed by atoms with Crippen LogP contribution in [0.15, 0.2) is 24.4 Å². The molecule has 4 nitrogen and oxygen atoms in total. The first kappa shape index (κ1) is 12.3. The summed E-state index contributed by atoms with van der Waals surface area (Å²) in [6, 6.07) is 6.11. The van der Waals surface area contributed by atoms with Crippen molar-refractivity contribution in [1.82, 2.24) is 14.8 Å². The fraction of sp³-hybridized carbons (Fsp3) is 0.625. The van der Waals surface area contributed by atoms with Gasteiger partial charge in [-0.25, -0.2) is 0 Å². The molecule has 4 heteroatoms. The number of nitrogens with zero attached hydrogens (tertiary/aromatic N) is 3. The molecule has 1 aromatic rings. The van der Waals surface area contributed by atoms with Crippen LogP contribution in [0.25, 0.3) is 0 Å². The van der Waals surface area contributed by atoms with Crippen LogP contribution in [0.3, 0.4) is 0 Å². The first-order valence-corrected chi connectivity index (χ1v) is 7.70. The minimum Gasteiger partial charge on any atom is -0.342 e. The molecule has 3 fully saturated rings. The summed E-state index contributed by atoms with van der Waals surface area (Å²) in [6.07, 6.45) is 4.11. The van der Waals surface area contributed by atoms with Crippen LogP contribution in [0.2, 0.25) is 0 Å². The van der Waals surface area contributed by atoms with Crippen LogP contribution in [0.5, 0.6) is 0 Å². The van der Waals surface area contributed by atoms with Crippen molar-refractivity contribution in [2.75, 3.05) is 26.2 Å². The number of aromatic nitrogens is 1. The third-order valence-corrected chi connectivity index (χ3v) is 4.91. The monoisotopic (exact) mass is 271 g/mol. The van der Waals surface area contributed by atoms with Gasteiger partial charge in [-0.1, -0.05) is 6.07 Å². The van der Waals surface area contributed by atoms with E-state index in [1.807, 2.05) is 12.3 Å². The molecule has 2 saturated heterocycles. The Bertz CT molecular complexity index is 486. The molecule has 0 unspecified atom stereocenters. The van der Waals surface area contributed by atoms with Gasteiger partial charge >= 0.3 is 0 Å². The van der Waals surface area contributed by atoms with Gasteiger partial charge in [0.15, 0.2) is 0 Å². The van der Waals surface area contributed by atoms with Gasteiger partial charge in [0.1, 0.15) is 0 Å². The summed E-state index contributed by atoms with van der Waals surface area (Å²) in [6.45, 7) is 5.16. The second-order valence-electron chi connectivity index (χ2n) is 6.55. The Kier molecular flexibility index (Phi) is 2.99. The molecule has 1 aliphatic carbocycles. The van der Waals surface area contributed by atoms with Gasteiger partial charge in [-0.15, -0.1) is 0 Å². The Balaban J connectivity index is 1.33. The first-order valence-electron chi connectivity index (χ1n) is 7.70. The number of hydrogen-bond acceptors (Lipinski definition) is 3. The Hall–Kier alpha value is -1.42. The SMILES string of the molecule is O=C(C1CC1)N1C[C@H]2CN(Cc3ccccn3)C[C@@H]2C1. The van der Waals surface area contributed by atoms with Gasteiger partial charge in [0.05, 0.1) is 5.69 Å². The summed E-state index contributed by atoms with van der Waals surface area (Å²) in [5, 5.41) is 0. The highest BCUT2D eigenvalue weighted by molar-refractivity contribution is 5.81. The maximum absolute atomic E-state index is 12.1. The molecular formula is C16H21N3O. The number of hydrogen-bond donors (Lipinski definition) is 0. The molecule has 4 rings (SSSR count). The Labute approximate surface area is 119 Å². The number of likely N-dealkylation sites (tertiary alicyclic amines) is 2. The van der Waals surface area contributed by atoms with E-state index in [1.54, 1.807) is 0 Å². The van der Waals surface area contributed by atoms with Crippen molar-refractivity contribution in [2.24, 2.45) is 17.8 Å².